The first-order valence-electron chi connectivity index (χ1n) is 19.0. The Morgan fingerprint density at radius 1 is 0.386 bits per heavy atom. The number of benzene rings is 8. The number of hydrogen-bond donors (Lipinski definition) is 0. The van der Waals surface area contributed by atoms with Crippen molar-refractivity contribution in [3.8, 4) is 51.0 Å². The molecule has 5 nitrogen and oxygen atoms in total. The minimum Gasteiger partial charge on any atom is -0.456 e. The van der Waals surface area contributed by atoms with E-state index in [1.54, 1.807) is 11.3 Å². The van der Waals surface area contributed by atoms with E-state index in [0.717, 1.165) is 66.5 Å². The average Bonchev–Trinajstić information content (AvgIpc) is 3.96. The van der Waals surface area contributed by atoms with Crippen LogP contribution >= 0.6 is 11.3 Å². The van der Waals surface area contributed by atoms with E-state index in [0.29, 0.717) is 17.5 Å². The van der Waals surface area contributed by atoms with Crippen molar-refractivity contribution in [1.29, 1.82) is 0 Å². The van der Waals surface area contributed by atoms with Gasteiger partial charge in [-0.15, -0.1) is 11.3 Å². The number of aromatic nitrogens is 4. The smallest absolute Gasteiger partial charge is 0.164 e. The Kier molecular flexibility index (Phi) is 7.03. The summed E-state index contributed by atoms with van der Waals surface area (Å²) in [5.41, 5.74) is 9.93. The zero-order chi connectivity index (χ0) is 37.5. The zero-order valence-corrected chi connectivity index (χ0v) is 31.2. The van der Waals surface area contributed by atoms with Crippen molar-refractivity contribution >= 4 is 75.3 Å². The van der Waals surface area contributed by atoms with Crippen molar-refractivity contribution in [1.82, 2.24) is 19.5 Å². The fraction of sp³-hybridized carbons (Fsp3) is 0. The van der Waals surface area contributed by atoms with Crippen LogP contribution in [0.5, 0.6) is 0 Å². The average molecular weight is 747 g/mol. The second-order valence-corrected chi connectivity index (χ2v) is 15.4. The van der Waals surface area contributed by atoms with E-state index in [1.807, 2.05) is 30.3 Å². The normalized spacial score (nSPS) is 11.9. The molecule has 57 heavy (non-hydrogen) atoms. The van der Waals surface area contributed by atoms with Gasteiger partial charge < -0.3 is 8.98 Å². The highest BCUT2D eigenvalue weighted by Gasteiger charge is 2.22. The third-order valence-electron chi connectivity index (χ3n) is 11.1. The largest absolute Gasteiger partial charge is 0.456 e. The fourth-order valence-electron chi connectivity index (χ4n) is 8.56. The summed E-state index contributed by atoms with van der Waals surface area (Å²) in [6, 6.07) is 63.7. The third-order valence-corrected chi connectivity index (χ3v) is 12.2. The van der Waals surface area contributed by atoms with Crippen LogP contribution in [0.1, 0.15) is 0 Å². The molecule has 4 aromatic heterocycles. The molecule has 4 heterocycles. The Morgan fingerprint density at radius 2 is 0.947 bits per heavy atom. The summed E-state index contributed by atoms with van der Waals surface area (Å²) < 4.78 is 11.6. The van der Waals surface area contributed by atoms with Gasteiger partial charge in [-0.05, 0) is 60.2 Å². The van der Waals surface area contributed by atoms with Crippen LogP contribution in [-0.4, -0.2) is 19.5 Å². The lowest BCUT2D eigenvalue weighted by atomic mass is 9.95. The van der Waals surface area contributed by atoms with E-state index in [9.17, 15) is 0 Å². The van der Waals surface area contributed by atoms with Crippen LogP contribution < -0.4 is 0 Å². The van der Waals surface area contributed by atoms with Crippen LogP contribution in [0.25, 0.3) is 115 Å². The van der Waals surface area contributed by atoms with Gasteiger partial charge in [0.25, 0.3) is 0 Å². The Labute approximate surface area is 330 Å². The van der Waals surface area contributed by atoms with E-state index >= 15 is 0 Å². The highest BCUT2D eigenvalue weighted by atomic mass is 32.1. The highest BCUT2D eigenvalue weighted by molar-refractivity contribution is 7.25. The second kappa shape index (κ2) is 12.6. The van der Waals surface area contributed by atoms with Crippen LogP contribution in [0, 0.1) is 0 Å². The number of nitrogens with zero attached hydrogens (tertiary/aromatic N) is 4. The topological polar surface area (TPSA) is 56.7 Å². The minimum atomic E-state index is 0.591. The minimum absolute atomic E-state index is 0.591. The van der Waals surface area contributed by atoms with Crippen molar-refractivity contribution in [3.05, 3.63) is 182 Å². The molecule has 0 spiro atoms. The van der Waals surface area contributed by atoms with Crippen LogP contribution in [0.3, 0.4) is 0 Å². The number of fused-ring (bicyclic) bond motifs is 9. The fourth-order valence-corrected chi connectivity index (χ4v) is 9.65. The van der Waals surface area contributed by atoms with Crippen molar-refractivity contribution in [2.45, 2.75) is 0 Å². The van der Waals surface area contributed by atoms with Gasteiger partial charge in [-0.25, -0.2) is 15.0 Å². The van der Waals surface area contributed by atoms with Gasteiger partial charge in [0, 0.05) is 64.0 Å². The molecule has 0 unspecified atom stereocenters. The van der Waals surface area contributed by atoms with E-state index in [4.69, 9.17) is 19.4 Å². The summed E-state index contributed by atoms with van der Waals surface area (Å²) >= 11 is 1.80. The van der Waals surface area contributed by atoms with Crippen LogP contribution in [0.15, 0.2) is 186 Å². The first kappa shape index (κ1) is 31.9. The maximum absolute atomic E-state index is 6.68. The Balaban J connectivity index is 1.11. The number of furan rings is 1. The van der Waals surface area contributed by atoms with Crippen LogP contribution in [-0.2, 0) is 0 Å². The summed E-state index contributed by atoms with van der Waals surface area (Å²) in [6.45, 7) is 0. The number of hydrogen-bond acceptors (Lipinski definition) is 5. The van der Waals surface area contributed by atoms with Crippen molar-refractivity contribution < 1.29 is 4.42 Å². The number of para-hydroxylation sites is 3. The predicted molar refractivity (Wildman–Crippen MR) is 236 cm³/mol. The van der Waals surface area contributed by atoms with Crippen LogP contribution in [0.4, 0.5) is 0 Å². The standard InChI is InChI=1S/C51H30N4OS/c1-2-14-31(15-3-1)49-52-50(32-28-29-46-39(30-32)36-19-7-11-27-45(36)57-46)54-51(53-49)38-21-13-26-44-48(38)47-37(20-12-25-43(47)56-44)35-18-6-10-24-42(35)55-40-22-8-4-16-33(40)34-17-5-9-23-41(34)55/h1-30H. The highest BCUT2D eigenvalue weighted by Crippen LogP contribution is 2.44. The monoisotopic (exact) mass is 746 g/mol. The van der Waals surface area contributed by atoms with Gasteiger partial charge in [0.1, 0.15) is 11.2 Å². The maximum atomic E-state index is 6.68. The number of rotatable bonds is 5. The SMILES string of the molecule is c1ccc(-c2nc(-c3ccc4sc5ccccc5c4c3)nc(-c3cccc4oc5cccc(-c6ccccc6-n6c7ccccc7c7ccccc76)c5c34)n2)cc1. The molecule has 0 atom stereocenters. The quantitative estimate of drug-likeness (QED) is 0.176. The lowest BCUT2D eigenvalue weighted by Gasteiger charge is -2.15. The molecule has 0 radical (unpaired) electrons. The van der Waals surface area contributed by atoms with E-state index < -0.39 is 0 Å². The van der Waals surface area contributed by atoms with Gasteiger partial charge >= 0.3 is 0 Å². The van der Waals surface area contributed by atoms with Gasteiger partial charge in [-0.2, -0.15) is 0 Å². The molecule has 6 heteroatoms. The van der Waals surface area contributed by atoms with Crippen molar-refractivity contribution in [2.24, 2.45) is 0 Å². The van der Waals surface area contributed by atoms with E-state index in [-0.39, 0.29) is 0 Å². The van der Waals surface area contributed by atoms with Crippen LogP contribution in [0.2, 0.25) is 0 Å². The molecular formula is C51H30N4OS. The van der Waals surface area contributed by atoms with Gasteiger partial charge in [-0.1, -0.05) is 127 Å². The molecule has 8 aromatic carbocycles. The van der Waals surface area contributed by atoms with Crippen molar-refractivity contribution in [3.63, 3.8) is 0 Å². The Bertz CT molecular complexity index is 3490. The van der Waals surface area contributed by atoms with E-state index in [1.165, 1.54) is 30.9 Å². The lowest BCUT2D eigenvalue weighted by molar-refractivity contribution is 0.669. The molecular weight excluding hydrogens is 717 g/mol. The van der Waals surface area contributed by atoms with Gasteiger partial charge in [-0.3, -0.25) is 0 Å². The second-order valence-electron chi connectivity index (χ2n) is 14.3. The molecule has 0 aliphatic rings. The third kappa shape index (κ3) is 4.98. The summed E-state index contributed by atoms with van der Waals surface area (Å²) in [4.78, 5) is 15.6. The summed E-state index contributed by atoms with van der Waals surface area (Å²) in [7, 11) is 0. The molecule has 0 N–H and O–H groups in total. The zero-order valence-electron chi connectivity index (χ0n) is 30.4. The molecule has 0 aliphatic heterocycles. The summed E-state index contributed by atoms with van der Waals surface area (Å²) in [5.74, 6) is 1.83. The predicted octanol–water partition coefficient (Wildman–Crippen LogP) is 13.9. The Hall–Kier alpha value is -7.41. The molecule has 0 bridgehead atoms. The molecule has 0 fully saturated rings. The first-order chi connectivity index (χ1) is 28.3. The molecule has 12 rings (SSSR count). The molecule has 12 aromatic rings. The molecule has 0 aliphatic carbocycles. The molecule has 0 saturated carbocycles. The van der Waals surface area contributed by atoms with Gasteiger partial charge in [0.2, 0.25) is 0 Å². The lowest BCUT2D eigenvalue weighted by Crippen LogP contribution is -2.00. The Morgan fingerprint density at radius 3 is 1.72 bits per heavy atom. The van der Waals surface area contributed by atoms with Crippen molar-refractivity contribution in [2.75, 3.05) is 0 Å². The molecule has 0 amide bonds. The van der Waals surface area contributed by atoms with E-state index in [2.05, 4.69) is 156 Å². The van der Waals surface area contributed by atoms with Gasteiger partial charge in [0.15, 0.2) is 17.5 Å². The molecule has 0 saturated heterocycles. The summed E-state index contributed by atoms with van der Waals surface area (Å²) in [5, 5.41) is 6.87. The first-order valence-corrected chi connectivity index (χ1v) is 19.8. The number of thiophene rings is 1. The summed E-state index contributed by atoms with van der Waals surface area (Å²) in [6.07, 6.45) is 0. The maximum Gasteiger partial charge on any atom is 0.164 e. The van der Waals surface area contributed by atoms with Gasteiger partial charge in [0.05, 0.1) is 16.7 Å². The molecule has 266 valence electrons.